The lowest BCUT2D eigenvalue weighted by Crippen LogP contribution is -2.41. The van der Waals surface area contributed by atoms with E-state index in [1.165, 1.54) is 4.90 Å². The molecule has 1 aliphatic rings. The molecule has 0 saturated carbocycles. The van der Waals surface area contributed by atoms with Crippen molar-refractivity contribution in [2.75, 3.05) is 19.6 Å². The molecule has 1 aromatic carbocycles. The molecule has 1 fully saturated rings. The highest BCUT2D eigenvalue weighted by Crippen LogP contribution is 2.35. The van der Waals surface area contributed by atoms with Gasteiger partial charge in [-0.25, -0.2) is 0 Å². The van der Waals surface area contributed by atoms with Crippen LogP contribution in [0.25, 0.3) is 17.4 Å². The van der Waals surface area contributed by atoms with Crippen LogP contribution >= 0.6 is 47.2 Å². The highest BCUT2D eigenvalue weighted by atomic mass is 35.5. The van der Waals surface area contributed by atoms with Crippen molar-refractivity contribution in [1.29, 1.82) is 0 Å². The van der Waals surface area contributed by atoms with Crippen molar-refractivity contribution in [3.05, 3.63) is 51.0 Å². The first kappa shape index (κ1) is 21.9. The number of amides is 2. The Morgan fingerprint density at radius 1 is 1.24 bits per heavy atom. The Balaban J connectivity index is 1.79. The van der Waals surface area contributed by atoms with Crippen LogP contribution in [0.5, 0.6) is 0 Å². The molecule has 0 spiro atoms. The van der Waals surface area contributed by atoms with E-state index < -0.39 is 0 Å². The highest BCUT2D eigenvalue weighted by Gasteiger charge is 2.34. The van der Waals surface area contributed by atoms with Gasteiger partial charge in [-0.05, 0) is 44.2 Å². The molecule has 0 N–H and O–H groups in total. The van der Waals surface area contributed by atoms with Crippen LogP contribution in [0.15, 0.2) is 39.7 Å². The number of furan rings is 1. The molecule has 0 atom stereocenters. The number of nitrogens with zero attached hydrogens (tertiary/aromatic N) is 2. The summed E-state index contributed by atoms with van der Waals surface area (Å²) >= 11 is 18.7. The number of rotatable bonds is 6. The van der Waals surface area contributed by atoms with Gasteiger partial charge < -0.3 is 9.32 Å². The first-order chi connectivity index (χ1) is 13.8. The first-order valence-electron chi connectivity index (χ1n) is 8.92. The molecule has 1 aliphatic heterocycles. The van der Waals surface area contributed by atoms with Gasteiger partial charge in [0, 0.05) is 29.8 Å². The summed E-state index contributed by atoms with van der Waals surface area (Å²) in [6, 6.07) is 8.60. The standard InChI is InChI=1S/C20H18Cl2N2O3S2/c1-3-23(4-2)18(25)11-24-19(26)17(29-20(24)28)10-13-6-8-16(27-13)14-9-12(21)5-7-15(14)22/h5-10H,3-4,11H2,1-2H3/b17-10+. The van der Waals surface area contributed by atoms with Gasteiger partial charge in [0.2, 0.25) is 5.91 Å². The summed E-state index contributed by atoms with van der Waals surface area (Å²) in [4.78, 5) is 28.5. The number of likely N-dealkylation sites (N-methyl/N-ethyl adjacent to an activating group) is 1. The molecular weight excluding hydrogens is 451 g/mol. The predicted molar refractivity (Wildman–Crippen MR) is 122 cm³/mol. The lowest BCUT2D eigenvalue weighted by atomic mass is 10.2. The third-order valence-electron chi connectivity index (χ3n) is 4.38. The summed E-state index contributed by atoms with van der Waals surface area (Å²) in [5.74, 6) is 0.574. The topological polar surface area (TPSA) is 53.8 Å². The van der Waals surface area contributed by atoms with Gasteiger partial charge in [0.1, 0.15) is 22.4 Å². The van der Waals surface area contributed by atoms with Crippen molar-refractivity contribution in [3.8, 4) is 11.3 Å². The van der Waals surface area contributed by atoms with Gasteiger partial charge in [-0.3, -0.25) is 14.5 Å². The SMILES string of the molecule is CCN(CC)C(=O)CN1C(=O)/C(=C\c2ccc(-c3cc(Cl)ccc3Cl)o2)SC1=S. The molecule has 2 amide bonds. The zero-order valence-electron chi connectivity index (χ0n) is 15.8. The predicted octanol–water partition coefficient (Wildman–Crippen LogP) is 5.32. The van der Waals surface area contributed by atoms with Crippen LogP contribution in [0.1, 0.15) is 19.6 Å². The number of hydrogen-bond donors (Lipinski definition) is 0. The number of benzene rings is 1. The minimum Gasteiger partial charge on any atom is -0.457 e. The average molecular weight is 469 g/mol. The molecular formula is C20H18Cl2N2O3S2. The Morgan fingerprint density at radius 3 is 2.66 bits per heavy atom. The summed E-state index contributed by atoms with van der Waals surface area (Å²) in [7, 11) is 0. The van der Waals surface area contributed by atoms with Gasteiger partial charge in [0.15, 0.2) is 0 Å². The number of halogens is 2. The second kappa shape index (κ2) is 9.34. The number of thioether (sulfide) groups is 1. The van der Waals surface area contributed by atoms with Gasteiger partial charge in [-0.15, -0.1) is 0 Å². The van der Waals surface area contributed by atoms with Crippen LogP contribution in [-0.4, -0.2) is 45.6 Å². The Bertz CT molecular complexity index is 999. The molecule has 0 bridgehead atoms. The molecule has 29 heavy (non-hydrogen) atoms. The smallest absolute Gasteiger partial charge is 0.266 e. The maximum Gasteiger partial charge on any atom is 0.266 e. The number of carbonyl (C=O) groups is 2. The third kappa shape index (κ3) is 4.86. The Labute approximate surface area is 188 Å². The Hall–Kier alpha value is -1.80. The fourth-order valence-electron chi connectivity index (χ4n) is 2.84. The van der Waals surface area contributed by atoms with Crippen LogP contribution in [-0.2, 0) is 9.59 Å². The van der Waals surface area contributed by atoms with E-state index in [-0.39, 0.29) is 18.4 Å². The van der Waals surface area contributed by atoms with Gasteiger partial charge in [-0.2, -0.15) is 0 Å². The quantitative estimate of drug-likeness (QED) is 0.423. The molecule has 0 unspecified atom stereocenters. The van der Waals surface area contributed by atoms with Gasteiger partial charge in [-0.1, -0.05) is 47.2 Å². The fraction of sp³-hybridized carbons (Fsp3) is 0.250. The van der Waals surface area contributed by atoms with Crippen molar-refractivity contribution < 1.29 is 14.0 Å². The van der Waals surface area contributed by atoms with Crippen molar-refractivity contribution >= 4 is 69.4 Å². The van der Waals surface area contributed by atoms with E-state index in [4.69, 9.17) is 39.8 Å². The molecule has 0 radical (unpaired) electrons. The van der Waals surface area contributed by atoms with Crippen molar-refractivity contribution in [2.45, 2.75) is 13.8 Å². The number of carbonyl (C=O) groups excluding carboxylic acids is 2. The monoisotopic (exact) mass is 468 g/mol. The minimum absolute atomic E-state index is 0.0643. The van der Waals surface area contributed by atoms with Crippen molar-refractivity contribution in [2.24, 2.45) is 0 Å². The lowest BCUT2D eigenvalue weighted by Gasteiger charge is -2.22. The maximum absolute atomic E-state index is 12.7. The van der Waals surface area contributed by atoms with Crippen LogP contribution in [0.3, 0.4) is 0 Å². The van der Waals surface area contributed by atoms with Crippen molar-refractivity contribution in [3.63, 3.8) is 0 Å². The fourth-order valence-corrected chi connectivity index (χ4v) is 4.46. The summed E-state index contributed by atoms with van der Waals surface area (Å²) < 4.78 is 6.17. The zero-order chi connectivity index (χ0) is 21.1. The Kier molecular flexibility index (Phi) is 7.05. The van der Waals surface area contributed by atoms with E-state index >= 15 is 0 Å². The highest BCUT2D eigenvalue weighted by molar-refractivity contribution is 8.26. The number of thiocarbonyl (C=S) groups is 1. The molecule has 0 aliphatic carbocycles. The largest absolute Gasteiger partial charge is 0.457 e. The molecule has 1 aromatic heterocycles. The maximum atomic E-state index is 12.7. The van der Waals surface area contributed by atoms with Gasteiger partial charge >= 0.3 is 0 Å². The first-order valence-corrected chi connectivity index (χ1v) is 10.9. The van der Waals surface area contributed by atoms with E-state index in [0.717, 1.165) is 11.8 Å². The molecule has 152 valence electrons. The molecule has 2 heterocycles. The average Bonchev–Trinajstić information content (AvgIpc) is 3.25. The summed E-state index contributed by atoms with van der Waals surface area (Å²) in [5, 5.41) is 1.05. The van der Waals surface area contributed by atoms with Crippen LogP contribution in [0.2, 0.25) is 10.0 Å². The van der Waals surface area contributed by atoms with Crippen molar-refractivity contribution in [1.82, 2.24) is 9.80 Å². The van der Waals surface area contributed by atoms with E-state index in [1.807, 2.05) is 13.8 Å². The molecule has 3 rings (SSSR count). The second-order valence-corrected chi connectivity index (χ2v) is 8.68. The normalized spacial score (nSPS) is 15.4. The van der Waals surface area contributed by atoms with E-state index in [2.05, 4.69) is 0 Å². The molecule has 9 heteroatoms. The molecule has 5 nitrogen and oxygen atoms in total. The van der Waals surface area contributed by atoms with E-state index in [9.17, 15) is 9.59 Å². The molecule has 1 saturated heterocycles. The van der Waals surface area contributed by atoms with Crippen LogP contribution in [0.4, 0.5) is 0 Å². The van der Waals surface area contributed by atoms with E-state index in [0.29, 0.717) is 49.4 Å². The van der Waals surface area contributed by atoms with Crippen LogP contribution < -0.4 is 0 Å². The third-order valence-corrected chi connectivity index (χ3v) is 6.32. The minimum atomic E-state index is -0.306. The summed E-state index contributed by atoms with van der Waals surface area (Å²) in [6.45, 7) is 4.89. The molecule has 2 aromatic rings. The van der Waals surface area contributed by atoms with Gasteiger partial charge in [0.05, 0.1) is 9.93 Å². The lowest BCUT2D eigenvalue weighted by molar-refractivity contribution is -0.135. The van der Waals surface area contributed by atoms with Gasteiger partial charge in [0.25, 0.3) is 5.91 Å². The summed E-state index contributed by atoms with van der Waals surface area (Å²) in [5.41, 5.74) is 0.663. The van der Waals surface area contributed by atoms with Crippen LogP contribution in [0, 0.1) is 0 Å². The number of hydrogen-bond acceptors (Lipinski definition) is 5. The Morgan fingerprint density at radius 2 is 1.97 bits per heavy atom. The van der Waals surface area contributed by atoms with E-state index in [1.54, 1.807) is 41.3 Å². The summed E-state index contributed by atoms with van der Waals surface area (Å²) in [6.07, 6.45) is 1.61. The zero-order valence-corrected chi connectivity index (χ0v) is 18.9. The second-order valence-electron chi connectivity index (χ2n) is 6.16.